The van der Waals surface area contributed by atoms with E-state index in [0.717, 1.165) is 0 Å². The van der Waals surface area contributed by atoms with Gasteiger partial charge in [-0.15, -0.1) is 0 Å². The van der Waals surface area contributed by atoms with Gasteiger partial charge in [-0.2, -0.15) is 0 Å². The number of likely N-dealkylation sites (tertiary alicyclic amines) is 1. The average molecular weight is 619 g/mol. The molecule has 1 aromatic heterocycles. The van der Waals surface area contributed by atoms with Crippen molar-refractivity contribution in [2.45, 2.75) is 85.0 Å². The number of imide groups is 3. The Morgan fingerprint density at radius 2 is 1.58 bits per heavy atom. The molecule has 3 amide bonds. The van der Waals surface area contributed by atoms with Crippen LogP contribution >= 0.6 is 0 Å². The molecule has 1 aliphatic rings. The number of fused-ring (bicyclic) bond motifs is 1. The molecule has 1 fully saturated rings. The highest BCUT2D eigenvalue weighted by molar-refractivity contribution is 6.18. The number of carbonyl (C=O) groups excluding carboxylic acids is 5. The third kappa shape index (κ3) is 7.37. The van der Waals surface area contributed by atoms with Crippen LogP contribution in [0.4, 0.5) is 0 Å². The van der Waals surface area contributed by atoms with Crippen LogP contribution in [0.1, 0.15) is 92.7 Å². The molecule has 45 heavy (non-hydrogen) atoms. The normalized spacial score (nSPS) is 17.0. The van der Waals surface area contributed by atoms with E-state index in [2.05, 4.69) is 4.98 Å². The summed E-state index contributed by atoms with van der Waals surface area (Å²) in [7, 11) is 0. The van der Waals surface area contributed by atoms with Crippen molar-refractivity contribution in [1.82, 2.24) is 14.8 Å². The van der Waals surface area contributed by atoms with Gasteiger partial charge in [-0.3, -0.25) is 24.1 Å². The van der Waals surface area contributed by atoms with E-state index in [1.54, 1.807) is 63.8 Å². The first-order valence-electron chi connectivity index (χ1n) is 15.3. The molecule has 2 N–H and O–H groups in total. The number of ether oxygens (including phenoxy) is 1. The molecule has 2 aromatic carbocycles. The minimum absolute atomic E-state index is 0.0208. The summed E-state index contributed by atoms with van der Waals surface area (Å²) in [6.45, 7) is 12.8. The Bertz CT molecular complexity index is 1550. The average Bonchev–Trinajstić information content (AvgIpc) is 3.63. The molecule has 1 saturated heterocycles. The molecule has 4 rings (SSSR count). The first-order chi connectivity index (χ1) is 21.1. The highest BCUT2D eigenvalue weighted by Gasteiger charge is 2.46. The van der Waals surface area contributed by atoms with Gasteiger partial charge < -0.3 is 14.9 Å². The van der Waals surface area contributed by atoms with E-state index < -0.39 is 47.4 Å². The monoisotopic (exact) mass is 618 g/mol. The van der Waals surface area contributed by atoms with Crippen molar-refractivity contribution in [3.05, 3.63) is 65.5 Å². The van der Waals surface area contributed by atoms with Crippen molar-refractivity contribution in [3.63, 3.8) is 0 Å². The van der Waals surface area contributed by atoms with Crippen molar-refractivity contribution < 1.29 is 33.1 Å². The fraction of sp³-hybridized carbons (Fsp3) is 0.471. The molecule has 0 radical (unpaired) electrons. The van der Waals surface area contributed by atoms with E-state index >= 15 is 0 Å². The van der Waals surface area contributed by atoms with Gasteiger partial charge >= 0.3 is 5.97 Å². The Morgan fingerprint density at radius 1 is 0.956 bits per heavy atom. The molecule has 11 heteroatoms. The lowest BCUT2D eigenvalue weighted by Gasteiger charge is -2.35. The second-order valence-electron chi connectivity index (χ2n) is 13.1. The van der Waals surface area contributed by atoms with Crippen molar-refractivity contribution >= 4 is 40.6 Å². The zero-order chi connectivity index (χ0) is 33.2. The van der Waals surface area contributed by atoms with Crippen LogP contribution in [-0.4, -0.2) is 74.5 Å². The second-order valence-corrected chi connectivity index (χ2v) is 13.1. The Kier molecular flexibility index (Phi) is 10.0. The van der Waals surface area contributed by atoms with Gasteiger partial charge in [-0.05, 0) is 88.4 Å². The standard InChI is InChI=1S/C34H42N4O7/c1-19(2)26(35)32(42)38(30(40)21-14-16-22(17-15-21)33(43)45-34(5,6)7)31(41)24-12-10-18-37(24)27(20(3)4)28(39)29-36-23-11-8-9-13-25(23)44-29/h8-9,11,13-17,19-20,24,26-27H,10,12,18,35H2,1-7H3/t24-,26-,27-/m0/s1. The molecule has 1 aliphatic heterocycles. The number of rotatable bonds is 9. The predicted octanol–water partition coefficient (Wildman–Crippen LogP) is 4.63. The second kappa shape index (κ2) is 13.4. The van der Waals surface area contributed by atoms with Crippen LogP contribution in [0.2, 0.25) is 0 Å². The molecule has 0 bridgehead atoms. The van der Waals surface area contributed by atoms with Crippen LogP contribution in [0, 0.1) is 11.8 Å². The quantitative estimate of drug-likeness (QED) is 0.204. The molecule has 3 aromatic rings. The number of amides is 3. The fourth-order valence-electron chi connectivity index (χ4n) is 5.43. The Labute approximate surface area is 263 Å². The topological polar surface area (TPSA) is 153 Å². The van der Waals surface area contributed by atoms with Gasteiger partial charge in [-0.1, -0.05) is 39.8 Å². The molecule has 240 valence electrons. The predicted molar refractivity (Wildman–Crippen MR) is 167 cm³/mol. The van der Waals surface area contributed by atoms with E-state index in [-0.39, 0.29) is 34.6 Å². The van der Waals surface area contributed by atoms with E-state index in [1.165, 1.54) is 24.3 Å². The van der Waals surface area contributed by atoms with Gasteiger partial charge in [0.15, 0.2) is 5.58 Å². The maximum atomic E-state index is 14.3. The first-order valence-corrected chi connectivity index (χ1v) is 15.3. The zero-order valence-corrected chi connectivity index (χ0v) is 26.9. The summed E-state index contributed by atoms with van der Waals surface area (Å²) in [6, 6.07) is 9.73. The van der Waals surface area contributed by atoms with Crippen LogP contribution < -0.4 is 5.73 Å². The molecule has 2 heterocycles. The smallest absolute Gasteiger partial charge is 0.338 e. The Hall–Kier alpha value is -4.22. The van der Waals surface area contributed by atoms with Gasteiger partial charge in [0.1, 0.15) is 11.1 Å². The molecule has 0 saturated carbocycles. The van der Waals surface area contributed by atoms with Gasteiger partial charge in [0.25, 0.3) is 23.6 Å². The summed E-state index contributed by atoms with van der Waals surface area (Å²) in [4.78, 5) is 74.9. The summed E-state index contributed by atoms with van der Waals surface area (Å²) >= 11 is 0. The van der Waals surface area contributed by atoms with Gasteiger partial charge in [0.2, 0.25) is 5.78 Å². The molecule has 0 aliphatic carbocycles. The van der Waals surface area contributed by atoms with Gasteiger partial charge in [0.05, 0.1) is 23.7 Å². The molecule has 0 unspecified atom stereocenters. The summed E-state index contributed by atoms with van der Waals surface area (Å²) in [5, 5.41) is 0. The minimum Gasteiger partial charge on any atom is -0.456 e. The number of ketones is 1. The number of nitrogens with two attached hydrogens (primary N) is 1. The molecular weight excluding hydrogens is 576 g/mol. The summed E-state index contributed by atoms with van der Waals surface area (Å²) in [6.07, 6.45) is 0.895. The molecule has 11 nitrogen and oxygen atoms in total. The molecule has 3 atom stereocenters. The van der Waals surface area contributed by atoms with E-state index in [1.807, 2.05) is 13.8 Å². The minimum atomic E-state index is -1.13. The number of nitrogens with zero attached hydrogens (tertiary/aromatic N) is 3. The third-order valence-corrected chi connectivity index (χ3v) is 7.76. The number of esters is 1. The fourth-order valence-corrected chi connectivity index (χ4v) is 5.43. The number of hydrogen-bond acceptors (Lipinski definition) is 10. The van der Waals surface area contributed by atoms with E-state index in [0.29, 0.717) is 35.4 Å². The van der Waals surface area contributed by atoms with Crippen molar-refractivity contribution in [1.29, 1.82) is 0 Å². The summed E-state index contributed by atoms with van der Waals surface area (Å²) in [5.41, 5.74) is 6.73. The van der Waals surface area contributed by atoms with Crippen LogP contribution in [0.25, 0.3) is 11.1 Å². The van der Waals surface area contributed by atoms with Crippen LogP contribution in [0.3, 0.4) is 0 Å². The van der Waals surface area contributed by atoms with Crippen molar-refractivity contribution in [3.8, 4) is 0 Å². The first kappa shape index (κ1) is 33.7. The van der Waals surface area contributed by atoms with Crippen molar-refractivity contribution in [2.75, 3.05) is 6.54 Å². The largest absolute Gasteiger partial charge is 0.456 e. The number of hydrogen-bond donors (Lipinski definition) is 1. The lowest BCUT2D eigenvalue weighted by Crippen LogP contribution is -2.58. The number of para-hydroxylation sites is 2. The Morgan fingerprint density at radius 3 is 2.16 bits per heavy atom. The summed E-state index contributed by atoms with van der Waals surface area (Å²) < 4.78 is 11.2. The maximum Gasteiger partial charge on any atom is 0.338 e. The molecule has 0 spiro atoms. The van der Waals surface area contributed by atoms with E-state index in [4.69, 9.17) is 14.9 Å². The van der Waals surface area contributed by atoms with Crippen LogP contribution in [0.15, 0.2) is 52.9 Å². The zero-order valence-electron chi connectivity index (χ0n) is 26.9. The highest BCUT2D eigenvalue weighted by atomic mass is 16.6. The van der Waals surface area contributed by atoms with E-state index in [9.17, 15) is 24.0 Å². The van der Waals surface area contributed by atoms with Gasteiger partial charge in [0, 0.05) is 5.56 Å². The Balaban J connectivity index is 1.66. The SMILES string of the molecule is CC(C)[C@H](N)C(=O)N(C(=O)c1ccc(C(=O)OC(C)(C)C)cc1)C(=O)[C@@H]1CCCN1[C@H](C(=O)c1nc2ccccc2o1)C(C)C. The number of benzene rings is 2. The van der Waals surface area contributed by atoms with Gasteiger partial charge in [-0.25, -0.2) is 14.7 Å². The number of aromatic nitrogens is 1. The molecular formula is C34H42N4O7. The maximum absolute atomic E-state index is 14.3. The summed E-state index contributed by atoms with van der Waals surface area (Å²) in [5.74, 6) is -4.10. The number of oxazole rings is 1. The van der Waals surface area contributed by atoms with Crippen LogP contribution in [-0.2, 0) is 14.3 Å². The number of carbonyl (C=O) groups is 5. The number of Topliss-reactive ketones (excluding diaryl/α,β-unsaturated/α-hetero) is 1. The third-order valence-electron chi connectivity index (χ3n) is 7.76. The van der Waals surface area contributed by atoms with Crippen molar-refractivity contribution in [2.24, 2.45) is 17.6 Å². The lowest BCUT2D eigenvalue weighted by molar-refractivity contribution is -0.145. The highest BCUT2D eigenvalue weighted by Crippen LogP contribution is 2.29. The van der Waals surface area contributed by atoms with Crippen LogP contribution in [0.5, 0.6) is 0 Å². The lowest BCUT2D eigenvalue weighted by atomic mass is 9.96.